The maximum Gasteiger partial charge on any atom is 0.176 e. The first-order valence-electron chi connectivity index (χ1n) is 12.8. The number of hydrogen-bond acceptors (Lipinski definition) is 0. The van der Waals surface area contributed by atoms with E-state index in [9.17, 15) is 0 Å². The molecule has 0 saturated heterocycles. The van der Waals surface area contributed by atoms with Crippen LogP contribution in [0.2, 0.25) is 0 Å². The van der Waals surface area contributed by atoms with Gasteiger partial charge in [0.15, 0.2) is 8.07 Å². The molecule has 0 amide bonds. The number of allylic oxidation sites excluding steroid dienone is 4. The second kappa shape index (κ2) is 9.54. The summed E-state index contributed by atoms with van der Waals surface area (Å²) >= 11 is 0. The average molecular weight is 465 g/mol. The van der Waals surface area contributed by atoms with Crippen molar-refractivity contribution in [3.63, 3.8) is 0 Å². The third kappa shape index (κ3) is 3.94. The van der Waals surface area contributed by atoms with Crippen molar-refractivity contribution in [2.45, 2.75) is 67.2 Å². The predicted molar refractivity (Wildman–Crippen MR) is 152 cm³/mol. The van der Waals surface area contributed by atoms with E-state index < -0.39 is 8.07 Å². The molecule has 1 unspecified atom stereocenters. The minimum atomic E-state index is -2.52. The molecule has 0 N–H and O–H groups in total. The topological polar surface area (TPSA) is 0 Å². The van der Waals surface area contributed by atoms with E-state index in [2.05, 4.69) is 134 Å². The molecule has 0 radical (unpaired) electrons. The van der Waals surface area contributed by atoms with Crippen molar-refractivity contribution in [1.82, 2.24) is 0 Å². The molecule has 0 aromatic heterocycles. The summed E-state index contributed by atoms with van der Waals surface area (Å²) < 4.78 is 0. The molecule has 1 aliphatic carbocycles. The summed E-state index contributed by atoms with van der Waals surface area (Å²) in [5, 5.41) is 6.17. The number of benzene rings is 3. The molecule has 0 nitrogen and oxygen atoms in total. The highest BCUT2D eigenvalue weighted by Gasteiger charge is 2.48. The predicted octanol–water partition coefficient (Wildman–Crippen LogP) is 7.25. The van der Waals surface area contributed by atoms with Crippen LogP contribution < -0.4 is 15.6 Å². The van der Waals surface area contributed by atoms with E-state index in [0.29, 0.717) is 17.8 Å². The molecule has 0 spiro atoms. The maximum atomic E-state index is 2.53. The van der Waals surface area contributed by atoms with E-state index in [4.69, 9.17) is 0 Å². The van der Waals surface area contributed by atoms with Gasteiger partial charge < -0.3 is 0 Å². The van der Waals surface area contributed by atoms with Crippen LogP contribution in [0.1, 0.15) is 78.4 Å². The van der Waals surface area contributed by atoms with Gasteiger partial charge in [0.05, 0.1) is 0 Å². The van der Waals surface area contributed by atoms with Crippen molar-refractivity contribution in [2.24, 2.45) is 5.92 Å². The Bertz CT molecular complexity index is 1190. The third-order valence-electron chi connectivity index (χ3n) is 8.22. The lowest BCUT2D eigenvalue weighted by Crippen LogP contribution is -2.69. The van der Waals surface area contributed by atoms with Gasteiger partial charge in [0, 0.05) is 0 Å². The zero-order valence-corrected chi connectivity index (χ0v) is 23.2. The monoisotopic (exact) mass is 464 g/mol. The Labute approximate surface area is 208 Å². The van der Waals surface area contributed by atoms with Crippen molar-refractivity contribution in [3.8, 4) is 0 Å². The highest BCUT2D eigenvalue weighted by Crippen LogP contribution is 2.41. The first-order chi connectivity index (χ1) is 16.2. The fraction of sp³-hybridized carbons (Fsp3) is 0.333. The molecule has 34 heavy (non-hydrogen) atoms. The van der Waals surface area contributed by atoms with E-state index in [1.807, 2.05) is 0 Å². The highest BCUT2D eigenvalue weighted by molar-refractivity contribution is 7.16. The summed E-state index contributed by atoms with van der Waals surface area (Å²) in [5.74, 6) is 1.45. The zero-order valence-electron chi connectivity index (χ0n) is 22.2. The first kappa shape index (κ1) is 24.5. The van der Waals surface area contributed by atoms with E-state index in [-0.39, 0.29) is 0 Å². The quantitative estimate of drug-likeness (QED) is 0.266. The second-order valence-corrected chi connectivity index (χ2v) is 14.5. The smallest absolute Gasteiger partial charge is 0.0636 e. The van der Waals surface area contributed by atoms with Crippen LogP contribution >= 0.6 is 0 Å². The van der Waals surface area contributed by atoms with Gasteiger partial charge in [-0.15, -0.1) is 0 Å². The molecule has 0 bridgehead atoms. The van der Waals surface area contributed by atoms with Gasteiger partial charge >= 0.3 is 0 Å². The van der Waals surface area contributed by atoms with Crippen LogP contribution in [0.25, 0.3) is 0 Å². The highest BCUT2D eigenvalue weighted by atomic mass is 28.3. The Kier molecular flexibility index (Phi) is 6.87. The molecule has 1 heteroatoms. The molecule has 4 rings (SSSR count). The molecule has 3 aromatic carbocycles. The van der Waals surface area contributed by atoms with Crippen LogP contribution in [0.5, 0.6) is 0 Å². The van der Waals surface area contributed by atoms with Gasteiger partial charge in [-0.05, 0) is 70.8 Å². The summed E-state index contributed by atoms with van der Waals surface area (Å²) in [4.78, 5) is 0. The Morgan fingerprint density at radius 2 is 1.06 bits per heavy atom. The van der Waals surface area contributed by atoms with Gasteiger partial charge in [-0.25, -0.2) is 0 Å². The standard InChI is InChI=1S/C33H40Si/c1-22(2)28-14-12-18-31(20-28)34(30-16-10-9-11-17-30,32-19-13-15-29(21-32)23(3)4)33-26(7)24(5)25(6)27(33)8/h9-23,26H,1-8H3. The lowest BCUT2D eigenvalue weighted by Gasteiger charge is -2.39. The fourth-order valence-corrected chi connectivity index (χ4v) is 11.6. The third-order valence-corrected chi connectivity index (χ3v) is 13.4. The Hall–Kier alpha value is -2.64. The Balaban J connectivity index is 2.19. The van der Waals surface area contributed by atoms with Gasteiger partial charge in [0.1, 0.15) is 0 Å². The van der Waals surface area contributed by atoms with Gasteiger partial charge in [-0.2, -0.15) is 0 Å². The largest absolute Gasteiger partial charge is 0.176 e. The summed E-state index contributed by atoms with van der Waals surface area (Å²) in [6.07, 6.45) is 0. The molecule has 0 heterocycles. The van der Waals surface area contributed by atoms with Crippen molar-refractivity contribution in [3.05, 3.63) is 112 Å². The van der Waals surface area contributed by atoms with Crippen molar-refractivity contribution in [2.75, 3.05) is 0 Å². The summed E-state index contributed by atoms with van der Waals surface area (Å²) in [7, 11) is -2.52. The van der Waals surface area contributed by atoms with E-state index >= 15 is 0 Å². The molecule has 0 fully saturated rings. The normalized spacial score (nSPS) is 16.8. The molecular weight excluding hydrogens is 424 g/mol. The molecule has 1 aliphatic rings. The minimum Gasteiger partial charge on any atom is -0.0636 e. The summed E-state index contributed by atoms with van der Waals surface area (Å²) in [6, 6.07) is 30.5. The lowest BCUT2D eigenvalue weighted by molar-refractivity contribution is 0.850. The van der Waals surface area contributed by atoms with Crippen molar-refractivity contribution >= 4 is 23.6 Å². The molecule has 0 aliphatic heterocycles. The van der Waals surface area contributed by atoms with E-state index in [1.54, 1.807) is 5.20 Å². The van der Waals surface area contributed by atoms with Crippen LogP contribution in [-0.4, -0.2) is 8.07 Å². The number of hydrogen-bond donors (Lipinski definition) is 0. The second-order valence-electron chi connectivity index (χ2n) is 10.7. The molecular formula is C33H40Si. The summed E-state index contributed by atoms with van der Waals surface area (Å²) in [5.41, 5.74) is 7.37. The van der Waals surface area contributed by atoms with Crippen LogP contribution in [0.15, 0.2) is 101 Å². The van der Waals surface area contributed by atoms with Crippen LogP contribution in [0.3, 0.4) is 0 Å². The molecule has 3 aromatic rings. The SMILES string of the molecule is CC1=C(C)C(C)C([Si](c2ccccc2)(c2cccc(C(C)C)c2)c2cccc(C(C)C)c2)=C1C. The molecule has 0 saturated carbocycles. The average Bonchev–Trinajstić information content (AvgIpc) is 3.04. The Morgan fingerprint density at radius 1 is 0.588 bits per heavy atom. The molecule has 1 atom stereocenters. The Morgan fingerprint density at radius 3 is 1.47 bits per heavy atom. The minimum absolute atomic E-state index is 0.442. The van der Waals surface area contributed by atoms with Gasteiger partial charge in [-0.3, -0.25) is 0 Å². The van der Waals surface area contributed by atoms with Crippen LogP contribution in [0.4, 0.5) is 0 Å². The number of rotatable bonds is 6. The lowest BCUT2D eigenvalue weighted by atomic mass is 10.0. The zero-order chi connectivity index (χ0) is 24.6. The fourth-order valence-electron chi connectivity index (χ4n) is 5.89. The van der Waals surface area contributed by atoms with Gasteiger partial charge in [-0.1, -0.05) is 130 Å². The van der Waals surface area contributed by atoms with Crippen LogP contribution in [-0.2, 0) is 0 Å². The van der Waals surface area contributed by atoms with Gasteiger partial charge in [0.2, 0.25) is 0 Å². The van der Waals surface area contributed by atoms with Crippen LogP contribution in [0, 0.1) is 5.92 Å². The maximum absolute atomic E-state index is 2.53. The van der Waals surface area contributed by atoms with Crippen molar-refractivity contribution in [1.29, 1.82) is 0 Å². The molecule has 176 valence electrons. The van der Waals surface area contributed by atoms with E-state index in [0.717, 1.165) is 0 Å². The van der Waals surface area contributed by atoms with E-state index in [1.165, 1.54) is 43.4 Å². The van der Waals surface area contributed by atoms with Crippen molar-refractivity contribution < 1.29 is 0 Å². The summed E-state index contributed by atoms with van der Waals surface area (Å²) in [6.45, 7) is 18.7. The first-order valence-corrected chi connectivity index (χ1v) is 14.8. The van der Waals surface area contributed by atoms with Gasteiger partial charge in [0.25, 0.3) is 0 Å².